The van der Waals surface area contributed by atoms with Crippen LogP contribution in [0.1, 0.15) is 34.0 Å². The van der Waals surface area contributed by atoms with Crippen molar-refractivity contribution in [3.63, 3.8) is 0 Å². The van der Waals surface area contributed by atoms with Gasteiger partial charge in [-0.2, -0.15) is 0 Å². The normalized spacial score (nSPS) is 17.7. The van der Waals surface area contributed by atoms with Gasteiger partial charge >= 0.3 is 0 Å². The Hall–Kier alpha value is -6.74. The van der Waals surface area contributed by atoms with E-state index in [0.717, 1.165) is 67.5 Å². The van der Waals surface area contributed by atoms with Gasteiger partial charge in [0.2, 0.25) is 0 Å². The van der Waals surface area contributed by atoms with Crippen molar-refractivity contribution in [1.82, 2.24) is 20.3 Å². The maximum atomic E-state index is 5.54. The average Bonchev–Trinajstić information content (AvgIpc) is 3.58. The molecule has 8 aromatic rings. The zero-order valence-electron chi connectivity index (χ0n) is 31.0. The molecule has 1 spiro atoms. The van der Waals surface area contributed by atoms with Crippen LogP contribution in [0.25, 0.3) is 33.8 Å². The van der Waals surface area contributed by atoms with Gasteiger partial charge in [0.1, 0.15) is 6.17 Å². The Morgan fingerprint density at radius 2 is 1.31 bits per heavy atom. The van der Waals surface area contributed by atoms with E-state index >= 15 is 0 Å². The Morgan fingerprint density at radius 1 is 0.569 bits per heavy atom. The van der Waals surface area contributed by atoms with Crippen LogP contribution in [0.3, 0.4) is 0 Å². The zero-order valence-corrected chi connectivity index (χ0v) is 32.6. The van der Waals surface area contributed by atoms with Crippen LogP contribution in [0.2, 0.25) is 0 Å². The van der Waals surface area contributed by atoms with Crippen LogP contribution in [-0.2, 0) is 5.41 Å². The molecule has 2 unspecified atom stereocenters. The lowest BCUT2D eigenvalue weighted by Crippen LogP contribution is -2.32. The molecule has 274 valence electrons. The maximum absolute atomic E-state index is 5.54. The lowest BCUT2D eigenvalue weighted by molar-refractivity contribution is 0.654. The first kappa shape index (κ1) is 33.4. The topological polar surface area (TPSA) is 66.3 Å². The summed E-state index contributed by atoms with van der Waals surface area (Å²) in [6, 6.07) is 52.5. The molecule has 3 aliphatic heterocycles. The summed E-state index contributed by atoms with van der Waals surface area (Å²) in [6.07, 6.45) is 11.2. The number of para-hydroxylation sites is 2. The van der Waals surface area contributed by atoms with Crippen molar-refractivity contribution in [3.8, 4) is 33.8 Å². The molecule has 5 aromatic carbocycles. The van der Waals surface area contributed by atoms with Crippen LogP contribution in [-0.4, -0.2) is 21.2 Å². The second kappa shape index (κ2) is 13.2. The Balaban J connectivity index is 1.10. The number of aliphatic imine (C=N–C) groups is 1. The molecule has 2 atom stereocenters. The van der Waals surface area contributed by atoms with E-state index in [9.17, 15) is 0 Å². The molecule has 0 bridgehead atoms. The van der Waals surface area contributed by atoms with Gasteiger partial charge in [-0.25, -0.2) is 4.98 Å². The van der Waals surface area contributed by atoms with Crippen molar-refractivity contribution in [3.05, 3.63) is 204 Å². The highest BCUT2D eigenvalue weighted by molar-refractivity contribution is 8.02. The fourth-order valence-electron chi connectivity index (χ4n) is 9.23. The summed E-state index contributed by atoms with van der Waals surface area (Å²) >= 11 is 3.74. The van der Waals surface area contributed by atoms with Crippen LogP contribution in [0.15, 0.2) is 201 Å². The molecule has 0 amide bonds. The number of pyridine rings is 3. The average molecular weight is 781 g/mol. The summed E-state index contributed by atoms with van der Waals surface area (Å²) in [6.45, 7) is 0. The molecule has 0 saturated carbocycles. The van der Waals surface area contributed by atoms with E-state index in [0.29, 0.717) is 0 Å². The van der Waals surface area contributed by atoms with Gasteiger partial charge < -0.3 is 10.2 Å². The third-order valence-electron chi connectivity index (χ3n) is 11.6. The van der Waals surface area contributed by atoms with E-state index in [1.807, 2.05) is 66.7 Å². The molecule has 4 aliphatic rings. The smallest absolute Gasteiger partial charge is 0.144 e. The first-order valence-corrected chi connectivity index (χ1v) is 20.9. The molecule has 3 aromatic heterocycles. The Labute approximate surface area is 344 Å². The van der Waals surface area contributed by atoms with Crippen molar-refractivity contribution in [1.29, 1.82) is 0 Å². The van der Waals surface area contributed by atoms with E-state index in [-0.39, 0.29) is 6.17 Å². The number of hydrogen-bond acceptors (Lipinski definition) is 8. The number of allylic oxidation sites excluding steroid dienone is 1. The van der Waals surface area contributed by atoms with Crippen LogP contribution < -0.4 is 10.2 Å². The number of nitrogens with one attached hydrogen (secondary N) is 1. The monoisotopic (exact) mass is 780 g/mol. The zero-order chi connectivity index (χ0) is 38.2. The highest BCUT2D eigenvalue weighted by Gasteiger charge is 2.52. The van der Waals surface area contributed by atoms with Gasteiger partial charge in [-0.15, -0.1) is 0 Å². The highest BCUT2D eigenvalue weighted by atomic mass is 32.2. The Morgan fingerprint density at radius 3 is 2.19 bits per heavy atom. The lowest BCUT2D eigenvalue weighted by atomic mass is 9.67. The standard InChI is InChI=1S/C50H32N6S2/c1-2-15-34(49-53-28-11-29-54-49)33(14-1)39-24-22-37-46(55-39)45-36(17-10-27-52-45)50(37)35-16-4-7-20-43(35)57-47-38(50)23-25-42-48(47)58-44-21-8-6-19-41(44)56(42)40-18-5-3-13-32(40)31-12-9-26-51-30-31/h1-30,49,53H. The van der Waals surface area contributed by atoms with E-state index < -0.39 is 5.41 Å². The van der Waals surface area contributed by atoms with Crippen LogP contribution in [0.4, 0.5) is 17.1 Å². The van der Waals surface area contributed by atoms with Gasteiger partial charge in [0.25, 0.3) is 0 Å². The van der Waals surface area contributed by atoms with Gasteiger partial charge in [0, 0.05) is 61.7 Å². The molecule has 1 aliphatic carbocycles. The minimum atomic E-state index is -0.633. The maximum Gasteiger partial charge on any atom is 0.144 e. The van der Waals surface area contributed by atoms with E-state index in [1.54, 1.807) is 0 Å². The molecular weight excluding hydrogens is 749 g/mol. The molecule has 12 rings (SSSR count). The predicted octanol–water partition coefficient (Wildman–Crippen LogP) is 12.2. The molecule has 0 radical (unpaired) electrons. The number of anilines is 3. The minimum absolute atomic E-state index is 0.188. The third kappa shape index (κ3) is 4.82. The van der Waals surface area contributed by atoms with Crippen LogP contribution >= 0.6 is 23.5 Å². The van der Waals surface area contributed by atoms with Gasteiger partial charge in [-0.3, -0.25) is 15.0 Å². The van der Waals surface area contributed by atoms with Crippen molar-refractivity contribution < 1.29 is 0 Å². The second-order valence-corrected chi connectivity index (χ2v) is 16.7. The molecule has 1 N–H and O–H groups in total. The summed E-state index contributed by atoms with van der Waals surface area (Å²) in [5.74, 6) is 0. The molecule has 58 heavy (non-hydrogen) atoms. The van der Waals surface area contributed by atoms with E-state index in [1.165, 1.54) is 30.7 Å². The fraction of sp³-hybridized carbons (Fsp3) is 0.0400. The molecular formula is C50H32N6S2. The summed E-state index contributed by atoms with van der Waals surface area (Å²) in [7, 11) is 0. The first-order valence-electron chi connectivity index (χ1n) is 19.3. The van der Waals surface area contributed by atoms with Crippen molar-refractivity contribution in [2.24, 2.45) is 4.99 Å². The van der Waals surface area contributed by atoms with Crippen LogP contribution in [0.5, 0.6) is 0 Å². The minimum Gasteiger partial charge on any atom is -0.366 e. The number of nitrogens with zero attached hydrogens (tertiary/aromatic N) is 5. The van der Waals surface area contributed by atoms with E-state index in [2.05, 4.69) is 155 Å². The number of fused-ring (bicyclic) bond motifs is 12. The molecule has 6 heterocycles. The van der Waals surface area contributed by atoms with Gasteiger partial charge in [-0.05, 0) is 83.1 Å². The van der Waals surface area contributed by atoms with Crippen molar-refractivity contribution in [2.45, 2.75) is 31.2 Å². The van der Waals surface area contributed by atoms with Crippen molar-refractivity contribution >= 4 is 46.8 Å². The predicted molar refractivity (Wildman–Crippen MR) is 234 cm³/mol. The van der Waals surface area contributed by atoms with Crippen LogP contribution in [0, 0.1) is 0 Å². The summed E-state index contributed by atoms with van der Waals surface area (Å²) in [4.78, 5) is 27.3. The number of aromatic nitrogens is 3. The van der Waals surface area contributed by atoms with Gasteiger partial charge in [0.15, 0.2) is 0 Å². The molecule has 0 fully saturated rings. The number of hydrogen-bond donors (Lipinski definition) is 1. The Kier molecular flexibility index (Phi) is 7.58. The third-order valence-corrected chi connectivity index (χ3v) is 14.1. The summed E-state index contributed by atoms with van der Waals surface area (Å²) in [5.41, 5.74) is 14.7. The van der Waals surface area contributed by atoms with E-state index in [4.69, 9.17) is 15.0 Å². The lowest BCUT2D eigenvalue weighted by Gasteiger charge is -2.42. The molecule has 6 nitrogen and oxygen atoms in total. The summed E-state index contributed by atoms with van der Waals surface area (Å²) < 4.78 is 0. The highest BCUT2D eigenvalue weighted by Crippen LogP contribution is 2.65. The quantitative estimate of drug-likeness (QED) is 0.191. The largest absolute Gasteiger partial charge is 0.366 e. The molecule has 0 saturated heterocycles. The summed E-state index contributed by atoms with van der Waals surface area (Å²) in [5, 5.41) is 3.41. The first-order chi connectivity index (χ1) is 28.8. The fourth-order valence-corrected chi connectivity index (χ4v) is 11.8. The SMILES string of the molecule is C1=CNC(c2ccccc2-c2ccc3c(n2)-c2ncccc2C32c3ccccc3Sc3c2ccc2c3Sc3ccccc3N2c2ccccc2-c2cccnc2)N=C1. The second-order valence-electron chi connectivity index (χ2n) is 14.6. The van der Waals surface area contributed by atoms with Crippen molar-refractivity contribution in [2.75, 3.05) is 4.90 Å². The molecule has 8 heteroatoms. The van der Waals surface area contributed by atoms with Gasteiger partial charge in [-0.1, -0.05) is 121 Å². The van der Waals surface area contributed by atoms with Gasteiger partial charge in [0.05, 0.1) is 44.5 Å². The Bertz CT molecular complexity index is 3030. The number of rotatable bonds is 4. The number of benzene rings is 5.